The second-order valence-corrected chi connectivity index (χ2v) is 8.77. The van der Waals surface area contributed by atoms with Gasteiger partial charge in [0.1, 0.15) is 0 Å². The van der Waals surface area contributed by atoms with Gasteiger partial charge in [-0.3, -0.25) is 0 Å². The third-order valence-corrected chi connectivity index (χ3v) is 6.67. The van der Waals surface area contributed by atoms with Crippen molar-refractivity contribution in [3.05, 3.63) is 107 Å². The van der Waals surface area contributed by atoms with E-state index in [9.17, 15) is 0 Å². The maximum atomic E-state index is 5.43. The molecule has 0 radical (unpaired) electrons. The molecule has 0 unspecified atom stereocenters. The normalized spacial score (nSPS) is 21.5. The number of aromatic nitrogens is 4. The Kier molecular flexibility index (Phi) is 5.97. The molecule has 2 heterocycles. The largest absolute Gasteiger partial charge is 0.467 e. The maximum absolute atomic E-state index is 5.43. The van der Waals surface area contributed by atoms with Crippen LogP contribution in [0.1, 0.15) is 57.6 Å². The van der Waals surface area contributed by atoms with Crippen LogP contribution in [0.3, 0.4) is 0 Å². The lowest BCUT2D eigenvalue weighted by molar-refractivity contribution is 0.216. The molecule has 1 aliphatic carbocycles. The second kappa shape index (κ2) is 9.21. The number of rotatable bonds is 6. The van der Waals surface area contributed by atoms with Gasteiger partial charge in [0.15, 0.2) is 0 Å². The smallest absolute Gasteiger partial charge is 0.316 e. The van der Waals surface area contributed by atoms with Gasteiger partial charge in [-0.25, -0.2) is 9.97 Å². The standard InChI is InChI=1S/C28H28N4O2/c1-17-15-21(31-27(29-17)33-3)25-23(19-11-7-5-8-12-19)26(24(25)20-13-9-6-10-14-20)22-16-18(2)30-28(32-22)34-4/h5-16,23-26H,1-4H3/t23-,24-,25-,26+. The van der Waals surface area contributed by atoms with Gasteiger partial charge in [-0.1, -0.05) is 60.7 Å². The summed E-state index contributed by atoms with van der Waals surface area (Å²) in [6.45, 7) is 3.97. The summed E-state index contributed by atoms with van der Waals surface area (Å²) in [5.41, 5.74) is 6.28. The van der Waals surface area contributed by atoms with Crippen LogP contribution < -0.4 is 9.47 Å². The fourth-order valence-electron chi connectivity index (χ4n) is 5.32. The second-order valence-electron chi connectivity index (χ2n) is 8.77. The summed E-state index contributed by atoms with van der Waals surface area (Å²) in [6, 6.07) is 26.2. The summed E-state index contributed by atoms with van der Waals surface area (Å²) in [7, 11) is 3.23. The molecule has 6 heteroatoms. The van der Waals surface area contributed by atoms with Crippen LogP contribution in [-0.2, 0) is 0 Å². The van der Waals surface area contributed by atoms with Crippen molar-refractivity contribution in [3.8, 4) is 12.0 Å². The van der Waals surface area contributed by atoms with Gasteiger partial charge in [0.2, 0.25) is 0 Å². The summed E-state index contributed by atoms with van der Waals surface area (Å²) in [6.07, 6.45) is 0. The monoisotopic (exact) mass is 452 g/mol. The first kappa shape index (κ1) is 22.0. The first-order valence-corrected chi connectivity index (χ1v) is 11.5. The zero-order valence-corrected chi connectivity index (χ0v) is 19.8. The van der Waals surface area contributed by atoms with Crippen molar-refractivity contribution < 1.29 is 9.47 Å². The number of nitrogens with zero attached hydrogens (tertiary/aromatic N) is 4. The van der Waals surface area contributed by atoms with Gasteiger partial charge in [0, 0.05) is 35.1 Å². The van der Waals surface area contributed by atoms with Crippen LogP contribution in [0.15, 0.2) is 72.8 Å². The lowest BCUT2D eigenvalue weighted by atomic mass is 9.50. The van der Waals surface area contributed by atoms with Gasteiger partial charge in [-0.05, 0) is 37.1 Å². The SMILES string of the molecule is COc1nc(C)cc([C@H]2[C@H](c3ccccc3)[C@@H](c3cc(C)nc(OC)n3)[C@H]2c2ccccc2)n1. The van der Waals surface area contributed by atoms with E-state index in [0.29, 0.717) is 12.0 Å². The Bertz CT molecular complexity index is 1170. The predicted octanol–water partition coefficient (Wildman–Crippen LogP) is 5.35. The molecule has 2 aromatic carbocycles. The number of benzene rings is 2. The predicted molar refractivity (Wildman–Crippen MR) is 130 cm³/mol. The molecule has 0 aliphatic heterocycles. The Morgan fingerprint density at radius 1 is 0.529 bits per heavy atom. The van der Waals surface area contributed by atoms with Crippen molar-refractivity contribution in [2.24, 2.45) is 0 Å². The summed E-state index contributed by atoms with van der Waals surface area (Å²) < 4.78 is 10.9. The lowest BCUT2D eigenvalue weighted by Crippen LogP contribution is -2.41. The zero-order valence-electron chi connectivity index (χ0n) is 19.8. The number of hydrogen-bond donors (Lipinski definition) is 0. The Morgan fingerprint density at radius 3 is 1.26 bits per heavy atom. The van der Waals surface area contributed by atoms with Crippen LogP contribution in [-0.4, -0.2) is 34.2 Å². The van der Waals surface area contributed by atoms with Crippen molar-refractivity contribution in [3.63, 3.8) is 0 Å². The highest BCUT2D eigenvalue weighted by molar-refractivity contribution is 5.46. The average molecular weight is 453 g/mol. The highest BCUT2D eigenvalue weighted by atomic mass is 16.5. The highest BCUT2D eigenvalue weighted by Gasteiger charge is 2.54. The summed E-state index contributed by atoms with van der Waals surface area (Å²) in [4.78, 5) is 18.5. The van der Waals surface area contributed by atoms with E-state index in [4.69, 9.17) is 19.4 Å². The van der Waals surface area contributed by atoms with Crippen molar-refractivity contribution in [1.29, 1.82) is 0 Å². The van der Waals surface area contributed by atoms with Gasteiger partial charge < -0.3 is 9.47 Å². The summed E-state index contributed by atoms with van der Waals surface area (Å²) >= 11 is 0. The third-order valence-electron chi connectivity index (χ3n) is 6.67. The maximum Gasteiger partial charge on any atom is 0.316 e. The first-order valence-electron chi connectivity index (χ1n) is 11.5. The van der Waals surface area contributed by atoms with Crippen LogP contribution in [0, 0.1) is 13.8 Å². The molecule has 0 atom stereocenters. The molecule has 172 valence electrons. The molecule has 1 saturated carbocycles. The molecule has 0 saturated heterocycles. The third kappa shape index (κ3) is 4.00. The molecule has 6 nitrogen and oxygen atoms in total. The van der Waals surface area contributed by atoms with Gasteiger partial charge in [-0.2, -0.15) is 9.97 Å². The van der Waals surface area contributed by atoms with Crippen molar-refractivity contribution >= 4 is 0 Å². The number of ether oxygens (including phenoxy) is 2. The Balaban J connectivity index is 1.72. The first-order chi connectivity index (χ1) is 16.6. The molecule has 5 rings (SSSR count). The zero-order chi connectivity index (χ0) is 23.7. The van der Waals surface area contributed by atoms with Gasteiger partial charge in [-0.15, -0.1) is 0 Å². The molecule has 0 spiro atoms. The van der Waals surface area contributed by atoms with E-state index in [1.54, 1.807) is 14.2 Å². The van der Waals surface area contributed by atoms with Gasteiger partial charge >= 0.3 is 12.0 Å². The Hall–Kier alpha value is -3.80. The fraction of sp³-hybridized carbons (Fsp3) is 0.286. The van der Waals surface area contributed by atoms with E-state index in [-0.39, 0.29) is 23.7 Å². The van der Waals surface area contributed by atoms with Gasteiger partial charge in [0.05, 0.1) is 25.6 Å². The van der Waals surface area contributed by atoms with Crippen LogP contribution >= 0.6 is 0 Å². The molecule has 34 heavy (non-hydrogen) atoms. The minimum atomic E-state index is 0.131. The molecule has 0 amide bonds. The molecular weight excluding hydrogens is 424 g/mol. The lowest BCUT2D eigenvalue weighted by Gasteiger charge is -2.52. The quantitative estimate of drug-likeness (QED) is 0.393. The van der Waals surface area contributed by atoms with Crippen molar-refractivity contribution in [2.75, 3.05) is 14.2 Å². The molecule has 0 N–H and O–H groups in total. The minimum absolute atomic E-state index is 0.131. The average Bonchev–Trinajstić information content (AvgIpc) is 2.84. The highest BCUT2D eigenvalue weighted by Crippen LogP contribution is 2.66. The molecule has 1 aliphatic rings. The van der Waals surface area contributed by atoms with E-state index in [2.05, 4.69) is 82.8 Å². The number of methoxy groups -OCH3 is 2. The van der Waals surface area contributed by atoms with E-state index in [1.807, 2.05) is 13.8 Å². The van der Waals surface area contributed by atoms with Crippen LogP contribution in [0.25, 0.3) is 0 Å². The summed E-state index contributed by atoms with van der Waals surface area (Å²) in [5.74, 6) is 0.604. The van der Waals surface area contributed by atoms with Crippen molar-refractivity contribution in [2.45, 2.75) is 37.5 Å². The molecule has 2 aromatic heterocycles. The van der Waals surface area contributed by atoms with E-state index in [1.165, 1.54) is 11.1 Å². The van der Waals surface area contributed by atoms with Crippen LogP contribution in [0.2, 0.25) is 0 Å². The van der Waals surface area contributed by atoms with Crippen molar-refractivity contribution in [1.82, 2.24) is 19.9 Å². The molecule has 0 bridgehead atoms. The molecule has 4 aromatic rings. The van der Waals surface area contributed by atoms with Crippen LogP contribution in [0.4, 0.5) is 0 Å². The number of aryl methyl sites for hydroxylation is 2. The molecular formula is C28H28N4O2. The minimum Gasteiger partial charge on any atom is -0.467 e. The topological polar surface area (TPSA) is 70.0 Å². The van der Waals surface area contributed by atoms with Crippen LogP contribution in [0.5, 0.6) is 12.0 Å². The Labute approximate surface area is 200 Å². The fourth-order valence-corrected chi connectivity index (χ4v) is 5.32. The van der Waals surface area contributed by atoms with E-state index in [0.717, 1.165) is 22.8 Å². The van der Waals surface area contributed by atoms with Gasteiger partial charge in [0.25, 0.3) is 0 Å². The van der Waals surface area contributed by atoms with E-state index < -0.39 is 0 Å². The van der Waals surface area contributed by atoms with E-state index >= 15 is 0 Å². The number of hydrogen-bond acceptors (Lipinski definition) is 6. The molecule has 1 fully saturated rings. The summed E-state index contributed by atoms with van der Waals surface area (Å²) in [5, 5.41) is 0. The Morgan fingerprint density at radius 2 is 0.912 bits per heavy atom.